The van der Waals surface area contributed by atoms with E-state index >= 15 is 0 Å². The molecule has 4 N–H and O–H groups in total. The molecule has 0 bridgehead atoms. The van der Waals surface area contributed by atoms with Crippen molar-refractivity contribution >= 4 is 57.7 Å². The zero-order chi connectivity index (χ0) is 23.7. The topological polar surface area (TPSA) is 174 Å². The molecule has 4 rings (SSSR count). The van der Waals surface area contributed by atoms with Crippen LogP contribution in [0.4, 0.5) is 5.13 Å². The number of carboxylic acids is 1. The molecule has 0 unspecified atom stereocenters. The minimum Gasteiger partial charge on any atom is -0.477 e. The van der Waals surface area contributed by atoms with Gasteiger partial charge >= 0.3 is 11.9 Å². The number of fused-ring (bicyclic) bond motifs is 1. The lowest BCUT2D eigenvalue weighted by molar-refractivity contribution is -0.150. The first-order chi connectivity index (χ1) is 15.8. The molecule has 33 heavy (non-hydrogen) atoms. The number of carboxylic acid groups (broad SMARTS) is 1. The molecular weight excluding hydrogens is 474 g/mol. The van der Waals surface area contributed by atoms with E-state index in [1.54, 1.807) is 5.38 Å². The number of amides is 2. The highest BCUT2D eigenvalue weighted by Gasteiger charge is 2.54. The van der Waals surface area contributed by atoms with Gasteiger partial charge in [-0.15, -0.1) is 23.1 Å². The number of carbonyl (C=O) groups is 4. The van der Waals surface area contributed by atoms with E-state index in [1.165, 1.54) is 18.7 Å². The van der Waals surface area contributed by atoms with Crippen molar-refractivity contribution in [2.24, 2.45) is 11.1 Å². The standard InChI is InChI=1S/C19H21N5O7S2/c1-8(25)30-5-10-6-32-17-13(16(27)24(17)14(10)18(28)29)22-15(26)12(11-7-33-19(20)21-11)23-31-4-9-2-3-9/h7,9,13,17H,2-6H2,1H3,(H2,20,21)(H,22,26)(H,28,29)/t13-,17+/m1/s1. The lowest BCUT2D eigenvalue weighted by atomic mass is 10.0. The number of aliphatic carboxylic acids is 1. The van der Waals surface area contributed by atoms with Crippen molar-refractivity contribution < 1.29 is 33.9 Å². The van der Waals surface area contributed by atoms with Crippen LogP contribution in [0.2, 0.25) is 0 Å². The summed E-state index contributed by atoms with van der Waals surface area (Å²) in [6.07, 6.45) is 2.09. The van der Waals surface area contributed by atoms with Crippen molar-refractivity contribution in [2.45, 2.75) is 31.2 Å². The van der Waals surface area contributed by atoms with Gasteiger partial charge in [-0.05, 0) is 18.8 Å². The Hall–Kier alpha value is -3.13. The van der Waals surface area contributed by atoms with Gasteiger partial charge in [0.25, 0.3) is 11.8 Å². The average Bonchev–Trinajstić information content (AvgIpc) is 3.50. The van der Waals surface area contributed by atoms with Gasteiger partial charge in [0.1, 0.15) is 36.0 Å². The number of hydrogen-bond donors (Lipinski definition) is 3. The number of thioether (sulfide) groups is 1. The van der Waals surface area contributed by atoms with Gasteiger partial charge in [0.15, 0.2) is 10.8 Å². The first-order valence-electron chi connectivity index (χ1n) is 10.0. The van der Waals surface area contributed by atoms with E-state index in [9.17, 15) is 24.3 Å². The Morgan fingerprint density at radius 2 is 2.15 bits per heavy atom. The summed E-state index contributed by atoms with van der Waals surface area (Å²) >= 11 is 2.40. The molecule has 0 spiro atoms. The Bertz CT molecular complexity index is 1060. The maximum atomic E-state index is 13.0. The van der Waals surface area contributed by atoms with Crippen LogP contribution in [0.3, 0.4) is 0 Å². The van der Waals surface area contributed by atoms with Crippen molar-refractivity contribution in [1.29, 1.82) is 0 Å². The number of oxime groups is 1. The molecule has 2 fully saturated rings. The van der Waals surface area contributed by atoms with Crippen LogP contribution in [-0.4, -0.2) is 74.8 Å². The maximum absolute atomic E-state index is 13.0. The smallest absolute Gasteiger partial charge is 0.352 e. The number of nitrogens with one attached hydrogen (secondary N) is 1. The van der Waals surface area contributed by atoms with E-state index in [0.29, 0.717) is 18.1 Å². The number of β-lactam (4-membered cyclic amide) rings is 1. The molecule has 2 amide bonds. The zero-order valence-corrected chi connectivity index (χ0v) is 19.1. The quantitative estimate of drug-likeness (QED) is 0.185. The van der Waals surface area contributed by atoms with Gasteiger partial charge in [-0.25, -0.2) is 9.78 Å². The Morgan fingerprint density at radius 3 is 2.76 bits per heavy atom. The molecule has 0 radical (unpaired) electrons. The highest BCUT2D eigenvalue weighted by atomic mass is 32.2. The Balaban J connectivity index is 1.48. The summed E-state index contributed by atoms with van der Waals surface area (Å²) in [5.74, 6) is -2.49. The number of thiazole rings is 1. The highest BCUT2D eigenvalue weighted by molar-refractivity contribution is 8.00. The second-order valence-corrected chi connectivity index (χ2v) is 9.64. The van der Waals surface area contributed by atoms with Crippen LogP contribution < -0.4 is 11.1 Å². The van der Waals surface area contributed by atoms with Crippen molar-refractivity contribution in [3.8, 4) is 0 Å². The zero-order valence-electron chi connectivity index (χ0n) is 17.5. The van der Waals surface area contributed by atoms with E-state index in [1.807, 2.05) is 0 Å². The van der Waals surface area contributed by atoms with Gasteiger partial charge in [-0.2, -0.15) is 0 Å². The molecule has 2 aliphatic heterocycles. The second kappa shape index (κ2) is 9.39. The number of nitrogens with zero attached hydrogens (tertiary/aromatic N) is 3. The summed E-state index contributed by atoms with van der Waals surface area (Å²) in [7, 11) is 0. The monoisotopic (exact) mass is 495 g/mol. The van der Waals surface area contributed by atoms with Crippen LogP contribution in [0.1, 0.15) is 25.5 Å². The SMILES string of the molecule is CC(=O)OCC1=C(C(=O)O)N2C(=O)[C@@H](NC(=O)C(=NOCC3CC3)c3csc(N)n3)[C@@H]2SC1. The number of hydrogen-bond acceptors (Lipinski definition) is 11. The van der Waals surface area contributed by atoms with Crippen LogP contribution in [0.5, 0.6) is 0 Å². The van der Waals surface area contributed by atoms with E-state index < -0.39 is 35.2 Å². The first kappa shape index (κ1) is 23.0. The lowest BCUT2D eigenvalue weighted by Gasteiger charge is -2.49. The Labute approximate surface area is 196 Å². The Kier molecular flexibility index (Phi) is 6.56. The molecular formula is C19H21N5O7S2. The van der Waals surface area contributed by atoms with E-state index in [-0.39, 0.29) is 34.6 Å². The molecule has 1 saturated carbocycles. The second-order valence-electron chi connectivity index (χ2n) is 7.65. The molecule has 1 aromatic heterocycles. The Morgan fingerprint density at radius 1 is 1.39 bits per heavy atom. The normalized spacial score (nSPS) is 22.4. The van der Waals surface area contributed by atoms with Crippen LogP contribution >= 0.6 is 23.1 Å². The van der Waals surface area contributed by atoms with Gasteiger partial charge in [-0.3, -0.25) is 19.3 Å². The summed E-state index contributed by atoms with van der Waals surface area (Å²) in [4.78, 5) is 59.1. The highest BCUT2D eigenvalue weighted by Crippen LogP contribution is 2.40. The summed E-state index contributed by atoms with van der Waals surface area (Å²) in [5, 5.41) is 17.4. The number of anilines is 1. The number of aromatic nitrogens is 1. The number of rotatable bonds is 9. The fourth-order valence-corrected chi connectivity index (χ4v) is 5.16. The fraction of sp³-hybridized carbons (Fsp3) is 0.474. The summed E-state index contributed by atoms with van der Waals surface area (Å²) in [6, 6.07) is -0.961. The fourth-order valence-electron chi connectivity index (χ4n) is 3.29. The van der Waals surface area contributed by atoms with E-state index in [0.717, 1.165) is 29.1 Å². The average molecular weight is 496 g/mol. The van der Waals surface area contributed by atoms with Gasteiger partial charge < -0.3 is 25.7 Å². The third kappa shape index (κ3) is 4.95. The first-order valence-corrected chi connectivity index (χ1v) is 11.9. The van der Waals surface area contributed by atoms with Crippen molar-refractivity contribution in [3.05, 3.63) is 22.3 Å². The van der Waals surface area contributed by atoms with Crippen molar-refractivity contribution in [2.75, 3.05) is 24.7 Å². The molecule has 3 heterocycles. The predicted octanol–water partition coefficient (Wildman–Crippen LogP) is 0.158. The van der Waals surface area contributed by atoms with Crippen molar-refractivity contribution in [3.63, 3.8) is 0 Å². The molecule has 2 atom stereocenters. The summed E-state index contributed by atoms with van der Waals surface area (Å²) < 4.78 is 4.91. The van der Waals surface area contributed by atoms with Crippen molar-refractivity contribution in [1.82, 2.24) is 15.2 Å². The van der Waals surface area contributed by atoms with Crippen LogP contribution in [0.25, 0.3) is 0 Å². The molecule has 176 valence electrons. The van der Waals surface area contributed by atoms with Gasteiger partial charge in [0.2, 0.25) is 0 Å². The minimum atomic E-state index is -1.31. The van der Waals surface area contributed by atoms with Gasteiger partial charge in [0, 0.05) is 23.6 Å². The lowest BCUT2D eigenvalue weighted by Crippen LogP contribution is -2.71. The molecule has 1 saturated heterocycles. The molecule has 3 aliphatic rings. The van der Waals surface area contributed by atoms with Gasteiger partial charge in [-0.1, -0.05) is 5.16 Å². The van der Waals surface area contributed by atoms with Gasteiger partial charge in [0.05, 0.1) is 0 Å². The molecule has 14 heteroatoms. The predicted molar refractivity (Wildman–Crippen MR) is 118 cm³/mol. The minimum absolute atomic E-state index is 0.111. The number of nitrogens with two attached hydrogens (primary N) is 1. The third-order valence-corrected chi connectivity index (χ3v) is 7.14. The largest absolute Gasteiger partial charge is 0.477 e. The summed E-state index contributed by atoms with van der Waals surface area (Å²) in [6.45, 7) is 1.37. The number of carbonyl (C=O) groups excluding carboxylic acids is 3. The number of ether oxygens (including phenoxy) is 1. The maximum Gasteiger partial charge on any atom is 0.352 e. The third-order valence-electron chi connectivity index (χ3n) is 5.13. The van der Waals surface area contributed by atoms with Crippen LogP contribution in [-0.2, 0) is 28.8 Å². The van der Waals surface area contributed by atoms with Crippen LogP contribution in [0, 0.1) is 5.92 Å². The summed E-state index contributed by atoms with van der Waals surface area (Å²) in [5.41, 5.74) is 5.87. The molecule has 1 aliphatic carbocycles. The van der Waals surface area contributed by atoms with Crippen LogP contribution in [0.15, 0.2) is 21.8 Å². The van der Waals surface area contributed by atoms with E-state index in [2.05, 4.69) is 15.5 Å². The van der Waals surface area contributed by atoms with E-state index in [4.69, 9.17) is 15.3 Å². The number of esters is 1. The molecule has 0 aromatic carbocycles. The number of nitrogen functional groups attached to an aromatic ring is 1. The molecule has 1 aromatic rings. The molecule has 12 nitrogen and oxygen atoms in total.